The molecule has 0 amide bonds. The van der Waals surface area contributed by atoms with Gasteiger partial charge >= 0.3 is 5.97 Å². The number of hydrogen-bond acceptors (Lipinski definition) is 6. The minimum absolute atomic E-state index is 0.0209. The number of esters is 1. The van der Waals surface area contributed by atoms with E-state index in [2.05, 4.69) is 13.8 Å². The molecule has 0 aliphatic heterocycles. The highest BCUT2D eigenvalue weighted by molar-refractivity contribution is 5.96. The fourth-order valence-electron chi connectivity index (χ4n) is 6.91. The van der Waals surface area contributed by atoms with Crippen LogP contribution in [-0.2, 0) is 14.3 Å². The van der Waals surface area contributed by atoms with Gasteiger partial charge in [-0.3, -0.25) is 4.79 Å². The van der Waals surface area contributed by atoms with Crippen LogP contribution in [0.4, 0.5) is 0 Å². The Hall–Kier alpha value is -1.76. The monoisotopic (exact) mass is 430 g/mol. The lowest BCUT2D eigenvalue weighted by molar-refractivity contribution is -0.201. The van der Waals surface area contributed by atoms with Crippen LogP contribution in [0, 0.1) is 34.5 Å². The summed E-state index contributed by atoms with van der Waals surface area (Å²) >= 11 is 0. The fourth-order valence-corrected chi connectivity index (χ4v) is 6.91. The number of carbonyl (C=O) groups excluding carboxylic acids is 2. The van der Waals surface area contributed by atoms with Crippen molar-refractivity contribution >= 4 is 11.8 Å². The molecule has 6 heteroatoms. The van der Waals surface area contributed by atoms with Crippen molar-refractivity contribution in [3.63, 3.8) is 0 Å². The van der Waals surface area contributed by atoms with Crippen LogP contribution in [0.5, 0.6) is 0 Å². The number of aliphatic hydroxyl groups excluding tert-OH is 2. The van der Waals surface area contributed by atoms with Crippen LogP contribution in [0.2, 0.25) is 0 Å². The van der Waals surface area contributed by atoms with Crippen molar-refractivity contribution in [1.82, 2.24) is 0 Å². The van der Waals surface area contributed by atoms with Crippen LogP contribution in [-0.4, -0.2) is 51.5 Å². The molecule has 31 heavy (non-hydrogen) atoms. The van der Waals surface area contributed by atoms with E-state index in [0.29, 0.717) is 17.1 Å². The van der Waals surface area contributed by atoms with Gasteiger partial charge in [-0.2, -0.15) is 0 Å². The van der Waals surface area contributed by atoms with E-state index in [4.69, 9.17) is 4.74 Å². The van der Waals surface area contributed by atoms with Crippen LogP contribution in [0.1, 0.15) is 48.0 Å². The molecule has 2 saturated carbocycles. The lowest BCUT2D eigenvalue weighted by Crippen LogP contribution is -2.65. The zero-order valence-corrected chi connectivity index (χ0v) is 19.2. The molecular weight excluding hydrogens is 396 g/mol. The van der Waals surface area contributed by atoms with Gasteiger partial charge in [0.2, 0.25) is 0 Å². The van der Waals surface area contributed by atoms with Gasteiger partial charge in [0.15, 0.2) is 17.5 Å². The smallest absolute Gasteiger partial charge is 0.334 e. The summed E-state index contributed by atoms with van der Waals surface area (Å²) in [5.74, 6) is -1.13. The van der Waals surface area contributed by atoms with Crippen molar-refractivity contribution in [2.24, 2.45) is 34.5 Å². The van der Waals surface area contributed by atoms with Gasteiger partial charge in [-0.15, -0.1) is 0 Å². The van der Waals surface area contributed by atoms with Gasteiger partial charge in [-0.1, -0.05) is 39.0 Å². The first-order valence-electron chi connectivity index (χ1n) is 11.2. The Morgan fingerprint density at radius 1 is 1.35 bits per heavy atom. The molecule has 0 radical (unpaired) electrons. The minimum Gasteiger partial charge on any atom is -0.451 e. The number of allylic oxidation sites excluding steroid dienone is 2. The molecule has 4 aliphatic carbocycles. The lowest BCUT2D eigenvalue weighted by Gasteiger charge is -2.48. The summed E-state index contributed by atoms with van der Waals surface area (Å²) in [6.45, 7) is 10.8. The van der Waals surface area contributed by atoms with Crippen LogP contribution in [0.25, 0.3) is 0 Å². The number of fused-ring (bicyclic) bond motifs is 3. The molecule has 1 spiro atoms. The normalized spacial score (nSPS) is 45.6. The molecule has 4 aliphatic rings. The fraction of sp³-hybridized carbons (Fsp3) is 0.680. The van der Waals surface area contributed by atoms with Crippen molar-refractivity contribution in [1.29, 1.82) is 0 Å². The van der Waals surface area contributed by atoms with E-state index >= 15 is 0 Å². The highest BCUT2D eigenvalue weighted by atomic mass is 16.6. The third kappa shape index (κ3) is 2.61. The number of hydrogen-bond donors (Lipinski definition) is 3. The molecule has 0 saturated heterocycles. The molecule has 8 atom stereocenters. The predicted octanol–water partition coefficient (Wildman–Crippen LogP) is 2.33. The van der Waals surface area contributed by atoms with Crippen molar-refractivity contribution in [3.8, 4) is 0 Å². The van der Waals surface area contributed by atoms with Gasteiger partial charge in [0.25, 0.3) is 0 Å². The minimum atomic E-state index is -2.08. The average Bonchev–Trinajstić information content (AvgIpc) is 3.21. The van der Waals surface area contributed by atoms with E-state index in [1.165, 1.54) is 0 Å². The Labute approximate surface area is 183 Å². The van der Waals surface area contributed by atoms with E-state index in [1.54, 1.807) is 39.0 Å². The molecule has 170 valence electrons. The highest BCUT2D eigenvalue weighted by Crippen LogP contribution is 2.71. The molecule has 0 aromatic rings. The first kappa shape index (κ1) is 22.4. The molecular formula is C25H34O6. The molecule has 0 heterocycles. The van der Waals surface area contributed by atoms with Crippen LogP contribution in [0.15, 0.2) is 34.9 Å². The van der Waals surface area contributed by atoms with Crippen molar-refractivity contribution in [2.45, 2.75) is 65.8 Å². The standard InChI is InChI=1S/C25H34O6/c1-7-12(2)22(29)31-21-13(3)10-24-14(4)8-17-18(23(17,5)6)16(20(24)28)9-15(11-26)19(27)25(21,24)30/h7,9-10,14,16-19,21,26-27,30H,8,11H2,1-6H3/b12-7-/t14-,16+,17-,18+,19-,21+,24?,25+/m1/s1. The number of ketones is 1. The Morgan fingerprint density at radius 2 is 2.00 bits per heavy atom. The number of aliphatic hydroxyl groups is 3. The number of Topliss-reactive ketones (excluding diaryl/α,β-unsaturated/α-hetero) is 1. The van der Waals surface area contributed by atoms with Gasteiger partial charge in [0.1, 0.15) is 6.10 Å². The van der Waals surface area contributed by atoms with Crippen molar-refractivity contribution in [3.05, 3.63) is 34.9 Å². The molecule has 2 bridgehead atoms. The third-order valence-corrected chi connectivity index (χ3v) is 8.88. The van der Waals surface area contributed by atoms with Crippen LogP contribution >= 0.6 is 0 Å². The van der Waals surface area contributed by atoms with E-state index < -0.39 is 41.7 Å². The molecule has 0 aromatic heterocycles. The predicted molar refractivity (Wildman–Crippen MR) is 115 cm³/mol. The van der Waals surface area contributed by atoms with Gasteiger partial charge < -0.3 is 20.1 Å². The second-order valence-corrected chi connectivity index (χ2v) is 10.6. The topological polar surface area (TPSA) is 104 Å². The van der Waals surface area contributed by atoms with Gasteiger partial charge in [0, 0.05) is 11.5 Å². The van der Waals surface area contributed by atoms with E-state index in [-0.39, 0.29) is 28.6 Å². The van der Waals surface area contributed by atoms with Crippen molar-refractivity contribution < 1.29 is 29.6 Å². The van der Waals surface area contributed by atoms with Crippen LogP contribution in [0.3, 0.4) is 0 Å². The second-order valence-electron chi connectivity index (χ2n) is 10.6. The van der Waals surface area contributed by atoms with Gasteiger partial charge in [-0.05, 0) is 61.5 Å². The Kier molecular flexibility index (Phi) is 4.97. The maximum Gasteiger partial charge on any atom is 0.334 e. The third-order valence-electron chi connectivity index (χ3n) is 8.88. The summed E-state index contributed by atoms with van der Waals surface area (Å²) in [4.78, 5) is 26.8. The van der Waals surface area contributed by atoms with Gasteiger partial charge in [-0.25, -0.2) is 4.79 Å². The summed E-state index contributed by atoms with van der Waals surface area (Å²) in [6.07, 6.45) is 3.04. The Bertz CT molecular complexity index is 926. The highest BCUT2D eigenvalue weighted by Gasteiger charge is 2.76. The summed E-state index contributed by atoms with van der Waals surface area (Å²) in [6, 6.07) is 0. The summed E-state index contributed by atoms with van der Waals surface area (Å²) in [7, 11) is 0. The van der Waals surface area contributed by atoms with E-state index in [9.17, 15) is 24.9 Å². The number of ether oxygens (including phenoxy) is 1. The summed E-state index contributed by atoms with van der Waals surface area (Å²) < 4.78 is 5.72. The summed E-state index contributed by atoms with van der Waals surface area (Å²) in [5, 5.41) is 33.7. The largest absolute Gasteiger partial charge is 0.451 e. The molecule has 1 unspecified atom stereocenters. The Balaban J connectivity index is 1.91. The number of rotatable bonds is 3. The maximum atomic E-state index is 14.2. The first-order chi connectivity index (χ1) is 14.4. The van der Waals surface area contributed by atoms with Crippen LogP contribution < -0.4 is 0 Å². The zero-order valence-electron chi connectivity index (χ0n) is 19.2. The molecule has 6 nitrogen and oxygen atoms in total. The summed E-state index contributed by atoms with van der Waals surface area (Å²) in [5.41, 5.74) is -2.36. The number of carbonyl (C=O) groups is 2. The SMILES string of the molecule is C/C=C(/C)C(=O)O[C@H]1C(C)=CC23C(=O)[C@@H](C=C(CO)[C@@H](O)[C@]12O)[C@H]1[C@@H](C[C@H]3C)C1(C)C. The van der Waals surface area contributed by atoms with Gasteiger partial charge in [0.05, 0.1) is 12.0 Å². The lowest BCUT2D eigenvalue weighted by atomic mass is 9.59. The quantitative estimate of drug-likeness (QED) is 0.361. The second kappa shape index (κ2) is 6.87. The zero-order chi connectivity index (χ0) is 23.1. The molecule has 3 N–H and O–H groups in total. The average molecular weight is 431 g/mol. The molecule has 2 fully saturated rings. The van der Waals surface area contributed by atoms with E-state index in [0.717, 1.165) is 6.42 Å². The Morgan fingerprint density at radius 3 is 2.58 bits per heavy atom. The maximum absolute atomic E-state index is 14.2. The van der Waals surface area contributed by atoms with Crippen molar-refractivity contribution in [2.75, 3.05) is 6.61 Å². The van der Waals surface area contributed by atoms with E-state index in [1.807, 2.05) is 6.92 Å². The first-order valence-corrected chi connectivity index (χ1v) is 11.2. The molecule has 4 rings (SSSR count). The molecule has 0 aromatic carbocycles.